The average Bonchev–Trinajstić information content (AvgIpc) is 3.00. The van der Waals surface area contributed by atoms with Gasteiger partial charge in [-0.15, -0.1) is 8.86 Å². The van der Waals surface area contributed by atoms with E-state index in [1.165, 1.54) is 12.8 Å². The summed E-state index contributed by atoms with van der Waals surface area (Å²) in [4.78, 5) is 0. The highest BCUT2D eigenvalue weighted by Crippen LogP contribution is 2.32. The molecule has 2 N–H and O–H groups in total. The first-order chi connectivity index (χ1) is 7.61. The summed E-state index contributed by atoms with van der Waals surface area (Å²) in [7, 11) is 3.38. The van der Waals surface area contributed by atoms with Crippen LogP contribution in [0.25, 0.3) is 5.76 Å². The molecule has 4 heteroatoms. The highest BCUT2D eigenvalue weighted by Gasteiger charge is 2.22. The van der Waals surface area contributed by atoms with E-state index in [0.717, 1.165) is 21.3 Å². The lowest BCUT2D eigenvalue weighted by Gasteiger charge is -2.13. The first-order valence-corrected chi connectivity index (χ1v) is 6.47. The van der Waals surface area contributed by atoms with Crippen LogP contribution in [-0.4, -0.2) is 16.9 Å². The van der Waals surface area contributed by atoms with Crippen molar-refractivity contribution in [1.82, 2.24) is 0 Å². The smallest absolute Gasteiger partial charge is 0.116 e. The van der Waals surface area contributed by atoms with Gasteiger partial charge in [0, 0.05) is 27.3 Å². The zero-order valence-corrected chi connectivity index (χ0v) is 11.3. The van der Waals surface area contributed by atoms with Crippen molar-refractivity contribution in [2.24, 2.45) is 0 Å². The van der Waals surface area contributed by atoms with Gasteiger partial charge in [-0.3, -0.25) is 0 Å². The molecule has 0 saturated heterocycles. The summed E-state index contributed by atoms with van der Waals surface area (Å²) >= 11 is 3.43. The van der Waals surface area contributed by atoms with Gasteiger partial charge in [0.1, 0.15) is 5.76 Å². The van der Waals surface area contributed by atoms with E-state index in [4.69, 9.17) is 0 Å². The molecule has 1 fully saturated rings. The van der Waals surface area contributed by atoms with Gasteiger partial charge in [-0.1, -0.05) is 22.5 Å². The number of anilines is 1. The normalized spacial score (nSPS) is 14.6. The summed E-state index contributed by atoms with van der Waals surface area (Å²) in [6, 6.07) is 4.43. The van der Waals surface area contributed by atoms with Crippen molar-refractivity contribution >= 4 is 42.0 Å². The lowest BCUT2D eigenvalue weighted by molar-refractivity contribution is 0.513. The van der Waals surface area contributed by atoms with Gasteiger partial charge >= 0.3 is 0 Å². The van der Waals surface area contributed by atoms with Gasteiger partial charge < -0.3 is 10.4 Å². The molecule has 0 amide bonds. The highest BCUT2D eigenvalue weighted by atomic mass is 79.9. The van der Waals surface area contributed by atoms with Gasteiger partial charge in [0.05, 0.1) is 0 Å². The van der Waals surface area contributed by atoms with Crippen LogP contribution in [0.4, 0.5) is 5.69 Å². The van der Waals surface area contributed by atoms with Crippen LogP contribution in [0.5, 0.6) is 0 Å². The van der Waals surface area contributed by atoms with Gasteiger partial charge in [0.2, 0.25) is 0 Å². The maximum atomic E-state index is 9.55. The van der Waals surface area contributed by atoms with Crippen molar-refractivity contribution < 1.29 is 5.11 Å². The van der Waals surface area contributed by atoms with Crippen molar-refractivity contribution in [2.75, 3.05) is 5.32 Å². The Kier molecular flexibility index (Phi) is 3.36. The Labute approximate surface area is 106 Å². The average molecular weight is 298 g/mol. The molecule has 0 aromatic heterocycles. The Hall–Kier alpha value is -0.790. The minimum Gasteiger partial charge on any atom is -0.508 e. The molecule has 1 saturated carbocycles. The van der Waals surface area contributed by atoms with Crippen molar-refractivity contribution in [1.29, 1.82) is 0 Å². The molecular formula is C12H13BrNOP. The maximum absolute atomic E-state index is 9.55. The van der Waals surface area contributed by atoms with E-state index in [9.17, 15) is 5.11 Å². The lowest BCUT2D eigenvalue weighted by atomic mass is 10.1. The Morgan fingerprint density at radius 3 is 2.75 bits per heavy atom. The van der Waals surface area contributed by atoms with Crippen LogP contribution in [0.2, 0.25) is 0 Å². The van der Waals surface area contributed by atoms with E-state index in [0.29, 0.717) is 6.04 Å². The number of aliphatic hydroxyl groups is 1. The predicted octanol–water partition coefficient (Wildman–Crippen LogP) is 3.85. The number of benzene rings is 1. The molecule has 1 aliphatic carbocycles. The van der Waals surface area contributed by atoms with Crippen LogP contribution in [0.3, 0.4) is 0 Å². The second kappa shape index (κ2) is 4.60. The molecule has 2 nitrogen and oxygen atoms in total. The van der Waals surface area contributed by atoms with Crippen LogP contribution >= 0.6 is 24.8 Å². The Bertz CT molecular complexity index is 455. The van der Waals surface area contributed by atoms with Crippen LogP contribution < -0.4 is 5.32 Å². The van der Waals surface area contributed by atoms with Crippen LogP contribution in [0.1, 0.15) is 24.0 Å². The third kappa shape index (κ3) is 2.47. The second-order valence-electron chi connectivity index (χ2n) is 3.92. The van der Waals surface area contributed by atoms with E-state index in [2.05, 4.69) is 36.7 Å². The van der Waals surface area contributed by atoms with E-state index in [1.807, 2.05) is 12.1 Å². The SMILES string of the molecule is C=C(O)c1cc(Br)cc(NC2CC2)c1C=P. The lowest BCUT2D eigenvalue weighted by Crippen LogP contribution is -2.05. The third-order valence-corrected chi connectivity index (χ3v) is 3.28. The summed E-state index contributed by atoms with van der Waals surface area (Å²) in [5.41, 5.74) is 2.67. The topological polar surface area (TPSA) is 32.3 Å². The summed E-state index contributed by atoms with van der Waals surface area (Å²) in [5.74, 6) is 1.87. The molecule has 84 valence electrons. The van der Waals surface area contributed by atoms with E-state index in [1.54, 1.807) is 5.80 Å². The van der Waals surface area contributed by atoms with E-state index < -0.39 is 0 Å². The van der Waals surface area contributed by atoms with Gasteiger partial charge in [-0.25, -0.2) is 0 Å². The number of hydrogen-bond donors (Lipinski definition) is 2. The number of halogens is 1. The van der Waals surface area contributed by atoms with Crippen LogP contribution in [-0.2, 0) is 0 Å². The molecular weight excluding hydrogens is 285 g/mol. The number of nitrogens with one attached hydrogen (secondary N) is 1. The van der Waals surface area contributed by atoms with Gasteiger partial charge in [-0.2, -0.15) is 0 Å². The Balaban J connectivity index is 2.47. The first kappa shape index (κ1) is 11.7. The monoisotopic (exact) mass is 297 g/mol. The fraction of sp³-hybridized carbons (Fsp3) is 0.250. The molecule has 1 aromatic rings. The molecule has 1 aliphatic rings. The first-order valence-electron chi connectivity index (χ1n) is 5.10. The van der Waals surface area contributed by atoms with E-state index in [-0.39, 0.29) is 5.76 Å². The molecule has 0 spiro atoms. The van der Waals surface area contributed by atoms with Gasteiger partial charge in [0.15, 0.2) is 0 Å². The predicted molar refractivity (Wildman–Crippen MR) is 75.9 cm³/mol. The standard InChI is InChI=1S/C12H13BrNOP/c1-7(15)10-4-8(13)5-12(11(10)6-16)14-9-2-3-9/h4-6,9,14-16H,1-3H2. The largest absolute Gasteiger partial charge is 0.508 e. The molecule has 0 unspecified atom stereocenters. The summed E-state index contributed by atoms with van der Waals surface area (Å²) in [6.07, 6.45) is 2.42. The van der Waals surface area contributed by atoms with Crippen molar-refractivity contribution in [3.8, 4) is 0 Å². The molecule has 0 heterocycles. The zero-order chi connectivity index (χ0) is 11.7. The molecule has 0 radical (unpaired) electrons. The fourth-order valence-corrected chi connectivity index (χ4v) is 2.35. The summed E-state index contributed by atoms with van der Waals surface area (Å²) in [6.45, 7) is 3.58. The molecule has 2 rings (SSSR count). The molecule has 1 aromatic carbocycles. The number of hydrogen-bond acceptors (Lipinski definition) is 2. The van der Waals surface area contributed by atoms with Gasteiger partial charge in [-0.05, 0) is 30.8 Å². The number of rotatable bonds is 4. The quantitative estimate of drug-likeness (QED) is 0.654. The Morgan fingerprint density at radius 1 is 1.56 bits per heavy atom. The maximum Gasteiger partial charge on any atom is 0.116 e. The van der Waals surface area contributed by atoms with Crippen LogP contribution in [0, 0.1) is 0 Å². The van der Waals surface area contributed by atoms with Crippen molar-refractivity contribution in [3.05, 3.63) is 34.3 Å². The highest BCUT2D eigenvalue weighted by molar-refractivity contribution is 9.10. The third-order valence-electron chi connectivity index (χ3n) is 2.54. The fourth-order valence-electron chi connectivity index (χ4n) is 1.58. The van der Waals surface area contributed by atoms with Crippen molar-refractivity contribution in [3.63, 3.8) is 0 Å². The van der Waals surface area contributed by atoms with E-state index >= 15 is 0 Å². The minimum atomic E-state index is 0.0737. The van der Waals surface area contributed by atoms with Crippen LogP contribution in [0.15, 0.2) is 23.2 Å². The molecule has 0 atom stereocenters. The number of aliphatic hydroxyl groups excluding tert-OH is 1. The molecule has 0 bridgehead atoms. The summed E-state index contributed by atoms with van der Waals surface area (Å²) in [5, 5.41) is 13.0. The van der Waals surface area contributed by atoms with Crippen molar-refractivity contribution in [2.45, 2.75) is 18.9 Å². The minimum absolute atomic E-state index is 0.0737. The Morgan fingerprint density at radius 2 is 2.25 bits per heavy atom. The summed E-state index contributed by atoms with van der Waals surface area (Å²) < 4.78 is 0.929. The molecule has 0 aliphatic heterocycles. The second-order valence-corrected chi connectivity index (χ2v) is 5.13. The zero-order valence-electron chi connectivity index (χ0n) is 8.76. The van der Waals surface area contributed by atoms with Gasteiger partial charge in [0.25, 0.3) is 0 Å². The molecule has 16 heavy (non-hydrogen) atoms.